The lowest BCUT2D eigenvalue weighted by Gasteiger charge is -2.06. The fraction of sp³-hybridized carbons (Fsp3) is 0.300. The molecular formula is C10H13NO4S. The molecule has 1 aromatic rings. The summed E-state index contributed by atoms with van der Waals surface area (Å²) >= 11 is 0. The van der Waals surface area contributed by atoms with Crippen molar-refractivity contribution in [1.29, 1.82) is 0 Å². The van der Waals surface area contributed by atoms with E-state index in [1.54, 1.807) is 24.3 Å². The van der Waals surface area contributed by atoms with Crippen LogP contribution in [-0.4, -0.2) is 20.6 Å². The minimum Gasteiger partial charge on any atom is -0.461 e. The quantitative estimate of drug-likeness (QED) is 0.804. The van der Waals surface area contributed by atoms with E-state index in [9.17, 15) is 13.2 Å². The van der Waals surface area contributed by atoms with Crippen LogP contribution in [0.25, 0.3) is 0 Å². The third-order valence-electron chi connectivity index (χ3n) is 1.67. The van der Waals surface area contributed by atoms with Gasteiger partial charge in [-0.05, 0) is 17.7 Å². The molecule has 0 unspecified atom stereocenters. The van der Waals surface area contributed by atoms with Gasteiger partial charge in [0.15, 0.2) is 0 Å². The van der Waals surface area contributed by atoms with Crippen molar-refractivity contribution in [2.24, 2.45) is 0 Å². The molecule has 0 bridgehead atoms. The van der Waals surface area contributed by atoms with Gasteiger partial charge in [0.25, 0.3) is 0 Å². The zero-order chi connectivity index (χ0) is 12.2. The minimum absolute atomic E-state index is 0.134. The Bertz CT molecular complexity index is 481. The second-order valence-electron chi connectivity index (χ2n) is 3.35. The lowest BCUT2D eigenvalue weighted by molar-refractivity contribution is -0.142. The molecule has 0 radical (unpaired) electrons. The van der Waals surface area contributed by atoms with Crippen LogP contribution in [0.2, 0.25) is 0 Å². The summed E-state index contributed by atoms with van der Waals surface area (Å²) in [4.78, 5) is 10.6. The average molecular weight is 243 g/mol. The Morgan fingerprint density at radius 1 is 1.44 bits per heavy atom. The van der Waals surface area contributed by atoms with Gasteiger partial charge in [0.2, 0.25) is 10.0 Å². The van der Waals surface area contributed by atoms with E-state index in [-0.39, 0.29) is 12.6 Å². The summed E-state index contributed by atoms with van der Waals surface area (Å²) in [5.74, 6) is -0.374. The van der Waals surface area contributed by atoms with Gasteiger partial charge in [-0.25, -0.2) is 8.42 Å². The highest BCUT2D eigenvalue weighted by Gasteiger charge is 2.03. The Labute approximate surface area is 94.5 Å². The summed E-state index contributed by atoms with van der Waals surface area (Å²) in [5, 5.41) is 0. The van der Waals surface area contributed by atoms with Gasteiger partial charge in [-0.15, -0.1) is 0 Å². The summed E-state index contributed by atoms with van der Waals surface area (Å²) in [6.45, 7) is 1.45. The van der Waals surface area contributed by atoms with Crippen LogP contribution < -0.4 is 4.72 Å². The fourth-order valence-electron chi connectivity index (χ4n) is 1.12. The maximum Gasteiger partial charge on any atom is 0.302 e. The molecule has 0 atom stereocenters. The molecule has 16 heavy (non-hydrogen) atoms. The van der Waals surface area contributed by atoms with E-state index in [0.29, 0.717) is 5.69 Å². The van der Waals surface area contributed by atoms with E-state index in [1.807, 2.05) is 0 Å². The molecule has 0 aliphatic rings. The van der Waals surface area contributed by atoms with Gasteiger partial charge < -0.3 is 4.74 Å². The highest BCUT2D eigenvalue weighted by atomic mass is 32.2. The average Bonchev–Trinajstić information content (AvgIpc) is 2.12. The number of benzene rings is 1. The monoisotopic (exact) mass is 243 g/mol. The predicted molar refractivity (Wildman–Crippen MR) is 60.4 cm³/mol. The molecule has 1 rings (SSSR count). The largest absolute Gasteiger partial charge is 0.461 e. The highest BCUT2D eigenvalue weighted by Crippen LogP contribution is 2.12. The Kier molecular flexibility index (Phi) is 3.89. The van der Waals surface area contributed by atoms with Crippen molar-refractivity contribution in [3.8, 4) is 0 Å². The first kappa shape index (κ1) is 12.5. The molecule has 0 amide bonds. The van der Waals surface area contributed by atoms with Gasteiger partial charge in [-0.1, -0.05) is 12.1 Å². The molecule has 5 nitrogen and oxygen atoms in total. The minimum atomic E-state index is -3.28. The van der Waals surface area contributed by atoms with Crippen LogP contribution in [0.5, 0.6) is 0 Å². The van der Waals surface area contributed by atoms with Gasteiger partial charge in [0, 0.05) is 12.6 Å². The van der Waals surface area contributed by atoms with Crippen LogP contribution in [-0.2, 0) is 26.2 Å². The molecule has 0 aliphatic carbocycles. The molecule has 88 valence electrons. The smallest absolute Gasteiger partial charge is 0.302 e. The van der Waals surface area contributed by atoms with Gasteiger partial charge in [0.05, 0.1) is 6.26 Å². The first-order valence-electron chi connectivity index (χ1n) is 4.57. The van der Waals surface area contributed by atoms with Crippen molar-refractivity contribution in [2.45, 2.75) is 13.5 Å². The molecule has 6 heteroatoms. The van der Waals surface area contributed by atoms with Crippen LogP contribution in [0.1, 0.15) is 12.5 Å². The maximum absolute atomic E-state index is 11.0. The molecule has 1 aromatic carbocycles. The van der Waals surface area contributed by atoms with Gasteiger partial charge in [-0.3, -0.25) is 9.52 Å². The van der Waals surface area contributed by atoms with Crippen LogP contribution in [0.3, 0.4) is 0 Å². The van der Waals surface area contributed by atoms with Crippen LogP contribution in [0.15, 0.2) is 24.3 Å². The number of hydrogen-bond acceptors (Lipinski definition) is 4. The summed E-state index contributed by atoms with van der Waals surface area (Å²) in [7, 11) is -3.28. The topological polar surface area (TPSA) is 72.5 Å². The van der Waals surface area contributed by atoms with E-state index in [0.717, 1.165) is 11.8 Å². The fourth-order valence-corrected chi connectivity index (χ4v) is 1.68. The number of esters is 1. The molecule has 0 fully saturated rings. The Morgan fingerprint density at radius 2 is 2.12 bits per heavy atom. The Balaban J connectivity index is 2.75. The number of carbonyl (C=O) groups excluding carboxylic acids is 1. The summed E-state index contributed by atoms with van der Waals surface area (Å²) in [6.07, 6.45) is 1.08. The standard InChI is InChI=1S/C10H13NO4S/c1-8(12)15-7-9-4-3-5-10(6-9)11-16(2,13)14/h3-6,11H,7H2,1-2H3. The molecule has 1 N–H and O–H groups in total. The number of ether oxygens (including phenoxy) is 1. The van der Waals surface area contributed by atoms with Crippen LogP contribution in [0.4, 0.5) is 5.69 Å². The number of rotatable bonds is 4. The van der Waals surface area contributed by atoms with Crippen molar-refractivity contribution >= 4 is 21.7 Å². The lowest BCUT2D eigenvalue weighted by atomic mass is 10.2. The van der Waals surface area contributed by atoms with Gasteiger partial charge >= 0.3 is 5.97 Å². The summed E-state index contributed by atoms with van der Waals surface area (Å²) in [5.41, 5.74) is 1.18. The predicted octanol–water partition coefficient (Wildman–Crippen LogP) is 1.12. The van der Waals surface area contributed by atoms with Crippen molar-refractivity contribution in [3.63, 3.8) is 0 Å². The number of hydrogen-bond donors (Lipinski definition) is 1. The van der Waals surface area contributed by atoms with E-state index < -0.39 is 10.0 Å². The molecule has 0 aliphatic heterocycles. The lowest BCUT2D eigenvalue weighted by Crippen LogP contribution is -2.09. The van der Waals surface area contributed by atoms with E-state index >= 15 is 0 Å². The summed E-state index contributed by atoms with van der Waals surface area (Å²) < 4.78 is 29.1. The van der Waals surface area contributed by atoms with Crippen LogP contribution >= 0.6 is 0 Å². The first-order valence-corrected chi connectivity index (χ1v) is 6.46. The van der Waals surface area contributed by atoms with Crippen molar-refractivity contribution in [1.82, 2.24) is 0 Å². The van der Waals surface area contributed by atoms with Crippen molar-refractivity contribution in [2.75, 3.05) is 11.0 Å². The molecule has 0 saturated carbocycles. The maximum atomic E-state index is 11.0. The van der Waals surface area contributed by atoms with E-state index in [4.69, 9.17) is 4.74 Å². The number of carbonyl (C=O) groups is 1. The molecule has 0 heterocycles. The second-order valence-corrected chi connectivity index (χ2v) is 5.10. The first-order chi connectivity index (χ1) is 7.37. The molecule has 0 saturated heterocycles. The molecule has 0 aromatic heterocycles. The van der Waals surface area contributed by atoms with Crippen molar-refractivity contribution < 1.29 is 17.9 Å². The number of anilines is 1. The zero-order valence-electron chi connectivity index (χ0n) is 9.06. The Morgan fingerprint density at radius 3 is 2.69 bits per heavy atom. The van der Waals surface area contributed by atoms with Gasteiger partial charge in [-0.2, -0.15) is 0 Å². The summed E-state index contributed by atoms with van der Waals surface area (Å²) in [6, 6.07) is 6.67. The normalized spacial score (nSPS) is 10.9. The number of nitrogens with one attached hydrogen (secondary N) is 1. The molecule has 0 spiro atoms. The third-order valence-corrected chi connectivity index (χ3v) is 2.28. The Hall–Kier alpha value is -1.56. The van der Waals surface area contributed by atoms with E-state index in [2.05, 4.69) is 4.72 Å². The molecular weight excluding hydrogens is 230 g/mol. The number of sulfonamides is 1. The van der Waals surface area contributed by atoms with Gasteiger partial charge in [0.1, 0.15) is 6.61 Å². The van der Waals surface area contributed by atoms with Crippen molar-refractivity contribution in [3.05, 3.63) is 29.8 Å². The second kappa shape index (κ2) is 4.98. The zero-order valence-corrected chi connectivity index (χ0v) is 9.87. The third kappa shape index (κ3) is 4.79. The van der Waals surface area contributed by atoms with E-state index in [1.165, 1.54) is 6.92 Å². The SMILES string of the molecule is CC(=O)OCc1cccc(NS(C)(=O)=O)c1. The highest BCUT2D eigenvalue weighted by molar-refractivity contribution is 7.92. The van der Waals surface area contributed by atoms with Crippen LogP contribution in [0, 0.1) is 0 Å².